The highest BCUT2D eigenvalue weighted by molar-refractivity contribution is 5.90. The van der Waals surface area contributed by atoms with E-state index < -0.39 is 5.97 Å². The Morgan fingerprint density at radius 1 is 1.14 bits per heavy atom. The molecule has 0 atom stereocenters. The quantitative estimate of drug-likeness (QED) is 0.909. The van der Waals surface area contributed by atoms with Crippen LogP contribution in [0.15, 0.2) is 36.4 Å². The van der Waals surface area contributed by atoms with E-state index in [4.69, 9.17) is 9.47 Å². The van der Waals surface area contributed by atoms with Crippen molar-refractivity contribution >= 4 is 5.97 Å². The third-order valence-corrected chi connectivity index (χ3v) is 3.21. The number of methoxy groups -OCH3 is 1. The standard InChI is InChI=1S/C17H18O4/c1-4-21-14-5-6-16(11(2)7-14)12-8-13(17(18)19)10-15(9-12)20-3/h5-10H,4H2,1-3H3,(H,18,19). The molecule has 110 valence electrons. The SMILES string of the molecule is CCOc1ccc(-c2cc(OC)cc(C(=O)O)c2)c(C)c1. The van der Waals surface area contributed by atoms with Crippen molar-refractivity contribution in [1.82, 2.24) is 0 Å². The number of carboxylic acid groups (broad SMARTS) is 1. The summed E-state index contributed by atoms with van der Waals surface area (Å²) in [7, 11) is 1.52. The molecule has 21 heavy (non-hydrogen) atoms. The molecule has 0 unspecified atom stereocenters. The number of aryl methyl sites for hydroxylation is 1. The molecular formula is C17H18O4. The summed E-state index contributed by atoms with van der Waals surface area (Å²) in [5, 5.41) is 9.18. The Bertz CT molecular complexity index is 662. The second-order valence-corrected chi connectivity index (χ2v) is 4.67. The summed E-state index contributed by atoms with van der Waals surface area (Å²) in [5.74, 6) is 0.358. The first-order valence-electron chi connectivity index (χ1n) is 6.71. The van der Waals surface area contributed by atoms with Crippen LogP contribution < -0.4 is 9.47 Å². The second kappa shape index (κ2) is 6.31. The van der Waals surface area contributed by atoms with Crippen molar-refractivity contribution in [2.24, 2.45) is 0 Å². The van der Waals surface area contributed by atoms with Crippen LogP contribution in [0.5, 0.6) is 11.5 Å². The number of aromatic carboxylic acids is 1. The van der Waals surface area contributed by atoms with Crippen molar-refractivity contribution in [3.63, 3.8) is 0 Å². The van der Waals surface area contributed by atoms with Gasteiger partial charge in [-0.1, -0.05) is 6.07 Å². The molecule has 0 aliphatic carbocycles. The average molecular weight is 286 g/mol. The van der Waals surface area contributed by atoms with Gasteiger partial charge in [0.05, 0.1) is 19.3 Å². The highest BCUT2D eigenvalue weighted by Crippen LogP contribution is 2.30. The number of hydrogen-bond donors (Lipinski definition) is 1. The van der Waals surface area contributed by atoms with E-state index in [1.165, 1.54) is 13.2 Å². The molecule has 0 aliphatic heterocycles. The normalized spacial score (nSPS) is 10.2. The first-order chi connectivity index (χ1) is 10.0. The first-order valence-corrected chi connectivity index (χ1v) is 6.71. The van der Waals surface area contributed by atoms with Crippen LogP contribution >= 0.6 is 0 Å². The Kier molecular flexibility index (Phi) is 4.48. The van der Waals surface area contributed by atoms with E-state index in [2.05, 4.69) is 0 Å². The molecule has 0 aromatic heterocycles. The van der Waals surface area contributed by atoms with Gasteiger partial charge in [-0.2, -0.15) is 0 Å². The number of ether oxygens (including phenoxy) is 2. The molecule has 0 aliphatic rings. The molecular weight excluding hydrogens is 268 g/mol. The summed E-state index contributed by atoms with van der Waals surface area (Å²) in [5.41, 5.74) is 3.00. The molecule has 0 heterocycles. The van der Waals surface area contributed by atoms with Crippen molar-refractivity contribution < 1.29 is 19.4 Å². The summed E-state index contributed by atoms with van der Waals surface area (Å²) in [6.07, 6.45) is 0. The molecule has 0 saturated carbocycles. The van der Waals surface area contributed by atoms with E-state index in [0.29, 0.717) is 12.4 Å². The zero-order valence-electron chi connectivity index (χ0n) is 12.3. The van der Waals surface area contributed by atoms with Crippen molar-refractivity contribution in [1.29, 1.82) is 0 Å². The zero-order chi connectivity index (χ0) is 15.4. The van der Waals surface area contributed by atoms with Crippen LogP contribution in [0.4, 0.5) is 0 Å². The van der Waals surface area contributed by atoms with Crippen LogP contribution in [0.25, 0.3) is 11.1 Å². The van der Waals surface area contributed by atoms with Gasteiger partial charge in [-0.25, -0.2) is 4.79 Å². The van der Waals surface area contributed by atoms with Gasteiger partial charge in [-0.3, -0.25) is 0 Å². The van der Waals surface area contributed by atoms with Crippen LogP contribution in [-0.4, -0.2) is 24.8 Å². The smallest absolute Gasteiger partial charge is 0.335 e. The predicted molar refractivity (Wildman–Crippen MR) is 81.3 cm³/mol. The monoisotopic (exact) mass is 286 g/mol. The van der Waals surface area contributed by atoms with Gasteiger partial charge in [0.2, 0.25) is 0 Å². The molecule has 0 radical (unpaired) electrons. The van der Waals surface area contributed by atoms with Crippen molar-refractivity contribution in [2.45, 2.75) is 13.8 Å². The van der Waals surface area contributed by atoms with Gasteiger partial charge in [0.25, 0.3) is 0 Å². The maximum absolute atomic E-state index is 11.2. The van der Waals surface area contributed by atoms with E-state index in [0.717, 1.165) is 22.4 Å². The van der Waals surface area contributed by atoms with Gasteiger partial charge in [-0.05, 0) is 60.9 Å². The van der Waals surface area contributed by atoms with Crippen LogP contribution in [0.3, 0.4) is 0 Å². The fourth-order valence-corrected chi connectivity index (χ4v) is 2.21. The summed E-state index contributed by atoms with van der Waals surface area (Å²) < 4.78 is 10.6. The summed E-state index contributed by atoms with van der Waals surface area (Å²) in [6.45, 7) is 4.52. The summed E-state index contributed by atoms with van der Waals surface area (Å²) in [6, 6.07) is 10.7. The molecule has 2 aromatic carbocycles. The molecule has 0 spiro atoms. The number of rotatable bonds is 5. The molecule has 1 N–H and O–H groups in total. The number of hydrogen-bond acceptors (Lipinski definition) is 3. The van der Waals surface area contributed by atoms with E-state index >= 15 is 0 Å². The van der Waals surface area contributed by atoms with Gasteiger partial charge >= 0.3 is 5.97 Å². The highest BCUT2D eigenvalue weighted by atomic mass is 16.5. The molecule has 2 rings (SSSR count). The van der Waals surface area contributed by atoms with Crippen molar-refractivity contribution in [2.75, 3.05) is 13.7 Å². The minimum absolute atomic E-state index is 0.206. The predicted octanol–water partition coefficient (Wildman–Crippen LogP) is 3.77. The van der Waals surface area contributed by atoms with E-state index in [1.807, 2.05) is 38.1 Å². The van der Waals surface area contributed by atoms with E-state index in [9.17, 15) is 9.90 Å². The Hall–Kier alpha value is -2.49. The molecule has 2 aromatic rings. The Morgan fingerprint density at radius 3 is 2.48 bits per heavy atom. The lowest BCUT2D eigenvalue weighted by Crippen LogP contribution is -1.98. The maximum atomic E-state index is 11.2. The molecule has 0 bridgehead atoms. The Balaban J connectivity index is 2.50. The zero-order valence-corrected chi connectivity index (χ0v) is 12.3. The lowest BCUT2D eigenvalue weighted by atomic mass is 9.98. The summed E-state index contributed by atoms with van der Waals surface area (Å²) >= 11 is 0. The number of carboxylic acids is 1. The summed E-state index contributed by atoms with van der Waals surface area (Å²) in [4.78, 5) is 11.2. The minimum atomic E-state index is -0.973. The number of carbonyl (C=O) groups is 1. The van der Waals surface area contributed by atoms with Gasteiger partial charge < -0.3 is 14.6 Å². The van der Waals surface area contributed by atoms with Gasteiger partial charge in [-0.15, -0.1) is 0 Å². The highest BCUT2D eigenvalue weighted by Gasteiger charge is 2.11. The van der Waals surface area contributed by atoms with Crippen LogP contribution in [-0.2, 0) is 0 Å². The second-order valence-electron chi connectivity index (χ2n) is 4.67. The third-order valence-electron chi connectivity index (χ3n) is 3.21. The van der Waals surface area contributed by atoms with Crippen molar-refractivity contribution in [3.05, 3.63) is 47.5 Å². The first kappa shape index (κ1) is 14.9. The molecule has 0 fully saturated rings. The average Bonchev–Trinajstić information content (AvgIpc) is 2.47. The van der Waals surface area contributed by atoms with E-state index in [-0.39, 0.29) is 5.56 Å². The Labute approximate surface area is 123 Å². The van der Waals surface area contributed by atoms with E-state index in [1.54, 1.807) is 6.07 Å². The Morgan fingerprint density at radius 2 is 1.90 bits per heavy atom. The van der Waals surface area contributed by atoms with Crippen LogP contribution in [0.1, 0.15) is 22.8 Å². The molecule has 4 nitrogen and oxygen atoms in total. The third kappa shape index (κ3) is 3.34. The lowest BCUT2D eigenvalue weighted by Gasteiger charge is -2.11. The van der Waals surface area contributed by atoms with Crippen LogP contribution in [0.2, 0.25) is 0 Å². The van der Waals surface area contributed by atoms with Crippen LogP contribution in [0, 0.1) is 6.92 Å². The largest absolute Gasteiger partial charge is 0.497 e. The van der Waals surface area contributed by atoms with Gasteiger partial charge in [0.15, 0.2) is 0 Å². The van der Waals surface area contributed by atoms with Crippen molar-refractivity contribution in [3.8, 4) is 22.6 Å². The van der Waals surface area contributed by atoms with Gasteiger partial charge in [0, 0.05) is 0 Å². The number of benzene rings is 2. The molecule has 0 amide bonds. The topological polar surface area (TPSA) is 55.8 Å². The fraction of sp³-hybridized carbons (Fsp3) is 0.235. The molecule has 0 saturated heterocycles. The maximum Gasteiger partial charge on any atom is 0.335 e. The lowest BCUT2D eigenvalue weighted by molar-refractivity contribution is 0.0696. The van der Waals surface area contributed by atoms with Gasteiger partial charge in [0.1, 0.15) is 11.5 Å². The fourth-order valence-electron chi connectivity index (χ4n) is 2.21. The minimum Gasteiger partial charge on any atom is -0.497 e. The molecule has 4 heteroatoms.